The summed E-state index contributed by atoms with van der Waals surface area (Å²) in [5.41, 5.74) is 1.06. The minimum absolute atomic E-state index is 0.00174. The number of halogens is 1. The molecule has 0 aromatic heterocycles. The Kier molecular flexibility index (Phi) is 5.49. The molecule has 0 unspecified atom stereocenters. The van der Waals surface area contributed by atoms with E-state index in [-0.39, 0.29) is 11.8 Å². The molecule has 0 radical (unpaired) electrons. The number of nitrogens with zero attached hydrogens (tertiary/aromatic N) is 2. The molecule has 1 aliphatic rings. The van der Waals surface area contributed by atoms with E-state index in [9.17, 15) is 18.8 Å². The zero-order valence-corrected chi connectivity index (χ0v) is 14.9. The average Bonchev–Trinajstić information content (AvgIpc) is 2.67. The van der Waals surface area contributed by atoms with E-state index >= 15 is 0 Å². The summed E-state index contributed by atoms with van der Waals surface area (Å²) >= 11 is 0. The van der Waals surface area contributed by atoms with Gasteiger partial charge in [-0.3, -0.25) is 14.4 Å². The minimum Gasteiger partial charge on any atom is -0.339 e. The number of rotatable bonds is 3. The number of hydrogen-bond acceptors (Lipinski definition) is 3. The van der Waals surface area contributed by atoms with Crippen LogP contribution in [0.3, 0.4) is 0 Å². The van der Waals surface area contributed by atoms with Crippen LogP contribution in [0.4, 0.5) is 10.1 Å². The third-order valence-corrected chi connectivity index (χ3v) is 4.47. The zero-order chi connectivity index (χ0) is 19.4. The second-order valence-electron chi connectivity index (χ2n) is 6.34. The van der Waals surface area contributed by atoms with Crippen molar-refractivity contribution in [2.45, 2.75) is 6.92 Å². The smallest absolute Gasteiger partial charge is 0.255 e. The van der Waals surface area contributed by atoms with Crippen molar-refractivity contribution in [1.29, 1.82) is 0 Å². The Bertz CT molecular complexity index is 876. The van der Waals surface area contributed by atoms with Crippen LogP contribution in [0.1, 0.15) is 27.6 Å². The summed E-state index contributed by atoms with van der Waals surface area (Å²) in [6, 6.07) is 12.0. The SMILES string of the molecule is CC(=O)N1CCN(C(=O)c2cccc(C(=O)Nc3cccc(F)c3)c2)CC1. The Hall–Kier alpha value is -3.22. The van der Waals surface area contributed by atoms with Crippen LogP contribution in [-0.2, 0) is 4.79 Å². The molecule has 0 aliphatic carbocycles. The highest BCUT2D eigenvalue weighted by atomic mass is 19.1. The summed E-state index contributed by atoms with van der Waals surface area (Å²) < 4.78 is 13.2. The van der Waals surface area contributed by atoms with Crippen molar-refractivity contribution in [2.24, 2.45) is 0 Å². The summed E-state index contributed by atoms with van der Waals surface area (Å²) in [5.74, 6) is -1.05. The monoisotopic (exact) mass is 369 g/mol. The predicted octanol–water partition coefficient (Wildman–Crippen LogP) is 2.38. The fourth-order valence-corrected chi connectivity index (χ4v) is 2.97. The van der Waals surface area contributed by atoms with E-state index in [2.05, 4.69) is 5.32 Å². The molecule has 1 heterocycles. The second-order valence-corrected chi connectivity index (χ2v) is 6.34. The van der Waals surface area contributed by atoms with E-state index in [0.717, 1.165) is 0 Å². The molecule has 1 fully saturated rings. The highest BCUT2D eigenvalue weighted by molar-refractivity contribution is 6.06. The van der Waals surface area contributed by atoms with E-state index in [0.29, 0.717) is 43.0 Å². The maximum Gasteiger partial charge on any atom is 0.255 e. The van der Waals surface area contributed by atoms with Crippen molar-refractivity contribution in [2.75, 3.05) is 31.5 Å². The molecule has 1 saturated heterocycles. The first kappa shape index (κ1) is 18.6. The van der Waals surface area contributed by atoms with Gasteiger partial charge in [0, 0.05) is 49.9 Å². The fraction of sp³-hybridized carbons (Fsp3) is 0.250. The number of benzene rings is 2. The summed E-state index contributed by atoms with van der Waals surface area (Å²) in [6.07, 6.45) is 0. The molecular formula is C20H20FN3O3. The van der Waals surface area contributed by atoms with E-state index in [1.807, 2.05) is 0 Å². The Balaban J connectivity index is 1.69. The van der Waals surface area contributed by atoms with Gasteiger partial charge in [-0.15, -0.1) is 0 Å². The van der Waals surface area contributed by atoms with Crippen molar-refractivity contribution in [1.82, 2.24) is 9.80 Å². The van der Waals surface area contributed by atoms with Crippen molar-refractivity contribution in [3.8, 4) is 0 Å². The molecule has 140 valence electrons. The molecule has 0 spiro atoms. The van der Waals surface area contributed by atoms with Crippen LogP contribution in [0.25, 0.3) is 0 Å². The zero-order valence-electron chi connectivity index (χ0n) is 14.9. The number of carbonyl (C=O) groups excluding carboxylic acids is 3. The largest absolute Gasteiger partial charge is 0.339 e. The van der Waals surface area contributed by atoms with E-state index in [1.54, 1.807) is 34.1 Å². The molecule has 6 nitrogen and oxygen atoms in total. The molecule has 2 aromatic rings. The van der Waals surface area contributed by atoms with Crippen LogP contribution in [0.2, 0.25) is 0 Å². The van der Waals surface area contributed by atoms with Gasteiger partial charge in [-0.2, -0.15) is 0 Å². The second kappa shape index (κ2) is 7.99. The lowest BCUT2D eigenvalue weighted by atomic mass is 10.1. The molecule has 3 rings (SSSR count). The predicted molar refractivity (Wildman–Crippen MR) is 99.0 cm³/mol. The van der Waals surface area contributed by atoms with Crippen LogP contribution in [0.15, 0.2) is 48.5 Å². The molecule has 1 aliphatic heterocycles. The van der Waals surface area contributed by atoms with Gasteiger partial charge >= 0.3 is 0 Å². The maximum absolute atomic E-state index is 13.2. The first-order valence-corrected chi connectivity index (χ1v) is 8.66. The van der Waals surface area contributed by atoms with E-state index in [4.69, 9.17) is 0 Å². The quantitative estimate of drug-likeness (QED) is 0.903. The van der Waals surface area contributed by atoms with Crippen LogP contribution < -0.4 is 5.32 Å². The van der Waals surface area contributed by atoms with Crippen LogP contribution >= 0.6 is 0 Å². The van der Waals surface area contributed by atoms with Crippen molar-refractivity contribution < 1.29 is 18.8 Å². The lowest BCUT2D eigenvalue weighted by Gasteiger charge is -2.34. The van der Waals surface area contributed by atoms with Gasteiger partial charge < -0.3 is 15.1 Å². The van der Waals surface area contributed by atoms with Crippen LogP contribution in [0.5, 0.6) is 0 Å². The summed E-state index contributed by atoms with van der Waals surface area (Å²) in [7, 11) is 0. The maximum atomic E-state index is 13.2. The summed E-state index contributed by atoms with van der Waals surface area (Å²) in [5, 5.41) is 2.61. The van der Waals surface area contributed by atoms with Gasteiger partial charge in [0.05, 0.1) is 0 Å². The molecule has 0 bridgehead atoms. The number of carbonyl (C=O) groups is 3. The van der Waals surface area contributed by atoms with Crippen molar-refractivity contribution in [3.05, 3.63) is 65.5 Å². The Morgan fingerprint density at radius 1 is 0.889 bits per heavy atom. The van der Waals surface area contributed by atoms with Crippen molar-refractivity contribution >= 4 is 23.4 Å². The standard InChI is InChI=1S/C20H20FN3O3/c1-14(25)23-8-10-24(11-9-23)20(27)16-5-2-4-15(12-16)19(26)22-18-7-3-6-17(21)13-18/h2-7,12-13H,8-11H2,1H3,(H,22,26). The first-order chi connectivity index (χ1) is 12.9. The highest BCUT2D eigenvalue weighted by Gasteiger charge is 2.23. The first-order valence-electron chi connectivity index (χ1n) is 8.66. The highest BCUT2D eigenvalue weighted by Crippen LogP contribution is 2.14. The van der Waals surface area contributed by atoms with Gasteiger partial charge in [0.1, 0.15) is 5.82 Å². The lowest BCUT2D eigenvalue weighted by Crippen LogP contribution is -2.50. The molecule has 0 atom stereocenters. The Morgan fingerprint density at radius 3 is 2.19 bits per heavy atom. The normalized spacial score (nSPS) is 14.0. The Labute approximate surface area is 156 Å². The van der Waals surface area contributed by atoms with Gasteiger partial charge in [-0.05, 0) is 36.4 Å². The lowest BCUT2D eigenvalue weighted by molar-refractivity contribution is -0.130. The average molecular weight is 369 g/mol. The van der Waals surface area contributed by atoms with E-state index < -0.39 is 11.7 Å². The van der Waals surface area contributed by atoms with Gasteiger partial charge in [-0.1, -0.05) is 12.1 Å². The topological polar surface area (TPSA) is 69.7 Å². The molecule has 27 heavy (non-hydrogen) atoms. The molecule has 2 aromatic carbocycles. The number of anilines is 1. The third kappa shape index (κ3) is 4.49. The Morgan fingerprint density at radius 2 is 1.52 bits per heavy atom. The number of hydrogen-bond donors (Lipinski definition) is 1. The molecule has 0 saturated carbocycles. The van der Waals surface area contributed by atoms with Crippen LogP contribution in [-0.4, -0.2) is 53.7 Å². The number of nitrogens with one attached hydrogen (secondary N) is 1. The van der Waals surface area contributed by atoms with E-state index in [1.165, 1.54) is 31.2 Å². The molecular weight excluding hydrogens is 349 g/mol. The van der Waals surface area contributed by atoms with Gasteiger partial charge in [-0.25, -0.2) is 4.39 Å². The van der Waals surface area contributed by atoms with Crippen LogP contribution in [0, 0.1) is 5.82 Å². The molecule has 7 heteroatoms. The summed E-state index contributed by atoms with van der Waals surface area (Å²) in [6.45, 7) is 3.43. The minimum atomic E-state index is -0.443. The van der Waals surface area contributed by atoms with Crippen molar-refractivity contribution in [3.63, 3.8) is 0 Å². The van der Waals surface area contributed by atoms with Gasteiger partial charge in [0.2, 0.25) is 5.91 Å². The fourth-order valence-electron chi connectivity index (χ4n) is 2.97. The van der Waals surface area contributed by atoms with Gasteiger partial charge in [0.15, 0.2) is 0 Å². The summed E-state index contributed by atoms with van der Waals surface area (Å²) in [4.78, 5) is 39.8. The van der Waals surface area contributed by atoms with Gasteiger partial charge in [0.25, 0.3) is 11.8 Å². The number of amides is 3. The third-order valence-electron chi connectivity index (χ3n) is 4.47. The number of piperazine rings is 1. The molecule has 1 N–H and O–H groups in total. The molecule has 3 amide bonds.